The fourth-order valence-corrected chi connectivity index (χ4v) is 4.53. The number of hydrogen-bond donors (Lipinski definition) is 1. The number of allylic oxidation sites excluding steroid dienone is 2. The van der Waals surface area contributed by atoms with Gasteiger partial charge in [-0.2, -0.15) is 0 Å². The van der Waals surface area contributed by atoms with Crippen molar-refractivity contribution in [1.82, 2.24) is 4.57 Å². The molecule has 1 aliphatic heterocycles. The third kappa shape index (κ3) is 3.96. The van der Waals surface area contributed by atoms with Gasteiger partial charge in [-0.25, -0.2) is 4.79 Å². The molecule has 26 heavy (non-hydrogen) atoms. The highest BCUT2D eigenvalue weighted by Crippen LogP contribution is 2.36. The van der Waals surface area contributed by atoms with Crippen LogP contribution in [0.3, 0.4) is 0 Å². The normalized spacial score (nSPS) is 28.9. The molecule has 142 valence electrons. The van der Waals surface area contributed by atoms with E-state index in [0.717, 1.165) is 11.8 Å². The monoisotopic (exact) mass is 443 g/mol. The third-order valence-electron chi connectivity index (χ3n) is 5.46. The summed E-state index contributed by atoms with van der Waals surface area (Å²) in [4.78, 5) is 33.2. The largest absolute Gasteiger partial charge is 0.478 e. The summed E-state index contributed by atoms with van der Waals surface area (Å²) < 4.78 is -0.0968. The molecular weight excluding hydrogens is 422 g/mol. The summed E-state index contributed by atoms with van der Waals surface area (Å²) in [5.74, 6) is 0.500. The van der Waals surface area contributed by atoms with Crippen molar-refractivity contribution in [3.8, 4) is 0 Å². The number of hydrogen-bond acceptors (Lipinski definition) is 3. The van der Waals surface area contributed by atoms with Crippen molar-refractivity contribution in [3.05, 3.63) is 35.7 Å². The Hall–Kier alpha value is -1.40. The molecule has 0 radical (unpaired) electrons. The Balaban J connectivity index is 0.000000193. The highest BCUT2D eigenvalue weighted by atomic mass is 79.9. The minimum absolute atomic E-state index is 0. The molecule has 0 aromatic carbocycles. The molecule has 3 atom stereocenters. The minimum atomic E-state index is -1.30. The van der Waals surface area contributed by atoms with Gasteiger partial charge in [-0.15, -0.1) is 12.4 Å². The number of carboxylic acid groups (broad SMARTS) is 1. The van der Waals surface area contributed by atoms with Gasteiger partial charge < -0.3 is 9.90 Å². The second-order valence-electron chi connectivity index (χ2n) is 7.03. The van der Waals surface area contributed by atoms with Crippen molar-refractivity contribution in [1.29, 1.82) is 0 Å². The first-order valence-electron chi connectivity index (χ1n) is 8.76. The molecule has 7 heteroatoms. The lowest BCUT2D eigenvalue weighted by molar-refractivity contribution is -0.108. The molecule has 0 bridgehead atoms. The van der Waals surface area contributed by atoms with E-state index >= 15 is 0 Å². The molecule has 1 saturated carbocycles. The van der Waals surface area contributed by atoms with Crippen LogP contribution in [0.4, 0.5) is 0 Å². The standard InChI is InChI=1S/C10H16.C9H6BrNO4.ClH/c1-2-6-10-8-4-3-7-9(10)5-1;10-9(4-12)3-6-5(7(13)14)1-2-11(6)8(9)15;/h1,5,9-10H,2-4,6-8H2;1-2,4H,3H2,(H,13,14);1H/t9-,10?;;/m0../s1. The van der Waals surface area contributed by atoms with Gasteiger partial charge in [0.15, 0.2) is 4.32 Å². The van der Waals surface area contributed by atoms with Gasteiger partial charge >= 0.3 is 5.97 Å². The number of alkyl halides is 1. The van der Waals surface area contributed by atoms with Crippen LogP contribution in [-0.4, -0.2) is 32.2 Å². The SMILES string of the molecule is C1=C[C@H]2CCCCC2CC1.Cl.O=CC1(Br)Cc2c(C(=O)O)ccn2C1=O. The van der Waals surface area contributed by atoms with Crippen LogP contribution in [0.25, 0.3) is 0 Å². The molecule has 3 aliphatic rings. The molecule has 0 saturated heterocycles. The second-order valence-corrected chi connectivity index (χ2v) is 8.44. The van der Waals surface area contributed by atoms with E-state index in [1.54, 1.807) is 0 Å². The van der Waals surface area contributed by atoms with Crippen LogP contribution in [0.5, 0.6) is 0 Å². The summed E-state index contributed by atoms with van der Waals surface area (Å²) in [6.07, 6.45) is 15.6. The Morgan fingerprint density at radius 3 is 2.69 bits per heavy atom. The number of nitrogens with zero attached hydrogens (tertiary/aromatic N) is 1. The van der Waals surface area contributed by atoms with Crippen molar-refractivity contribution in [2.75, 3.05) is 0 Å². The van der Waals surface area contributed by atoms with Crippen molar-refractivity contribution in [3.63, 3.8) is 0 Å². The number of carbonyl (C=O) groups excluding carboxylic acids is 2. The Morgan fingerprint density at radius 1 is 1.31 bits per heavy atom. The second kappa shape index (κ2) is 8.53. The number of aromatic nitrogens is 1. The maximum atomic E-state index is 11.7. The zero-order chi connectivity index (χ0) is 18.0. The summed E-state index contributed by atoms with van der Waals surface area (Å²) in [5, 5.41) is 8.84. The van der Waals surface area contributed by atoms with E-state index in [1.165, 1.54) is 55.4 Å². The zero-order valence-electron chi connectivity index (χ0n) is 14.4. The quantitative estimate of drug-likeness (QED) is 0.320. The van der Waals surface area contributed by atoms with Crippen molar-refractivity contribution in [2.45, 2.75) is 49.3 Å². The maximum absolute atomic E-state index is 11.7. The van der Waals surface area contributed by atoms with Crippen molar-refractivity contribution < 1.29 is 19.5 Å². The summed E-state index contributed by atoms with van der Waals surface area (Å²) in [6.45, 7) is 0. The number of aldehydes is 1. The number of halogens is 2. The van der Waals surface area contributed by atoms with Crippen LogP contribution in [0.2, 0.25) is 0 Å². The molecular formula is C19H23BrClNO4. The molecule has 2 aliphatic carbocycles. The van der Waals surface area contributed by atoms with Gasteiger partial charge in [-0.05, 0) is 43.6 Å². The van der Waals surface area contributed by atoms with E-state index in [2.05, 4.69) is 28.1 Å². The van der Waals surface area contributed by atoms with E-state index in [1.807, 2.05) is 0 Å². The first-order chi connectivity index (χ1) is 12.0. The molecule has 0 amide bonds. The number of aromatic carboxylic acids is 1. The van der Waals surface area contributed by atoms with Crippen LogP contribution in [-0.2, 0) is 11.2 Å². The molecule has 1 aromatic rings. The number of carboxylic acids is 1. The van der Waals surface area contributed by atoms with Gasteiger partial charge in [0.05, 0.1) is 5.56 Å². The fourth-order valence-electron chi connectivity index (χ4n) is 4.07. The molecule has 2 unspecified atom stereocenters. The molecule has 1 aromatic heterocycles. The van der Waals surface area contributed by atoms with Gasteiger partial charge in [0.2, 0.25) is 0 Å². The average Bonchev–Trinajstić information content (AvgIpc) is 3.14. The Labute approximate surface area is 167 Å². The number of carbonyl (C=O) groups is 3. The van der Waals surface area contributed by atoms with E-state index in [-0.39, 0.29) is 24.4 Å². The van der Waals surface area contributed by atoms with Crippen LogP contribution in [0.1, 0.15) is 59.4 Å². The van der Waals surface area contributed by atoms with Gasteiger partial charge in [0, 0.05) is 18.3 Å². The lowest BCUT2D eigenvalue weighted by atomic mass is 9.74. The molecule has 1 N–H and O–H groups in total. The first-order valence-corrected chi connectivity index (χ1v) is 9.56. The van der Waals surface area contributed by atoms with Crippen LogP contribution in [0, 0.1) is 11.8 Å². The summed E-state index contributed by atoms with van der Waals surface area (Å²) in [7, 11) is 0. The number of fused-ring (bicyclic) bond motifs is 2. The smallest absolute Gasteiger partial charge is 0.337 e. The van der Waals surface area contributed by atoms with Gasteiger partial charge in [-0.1, -0.05) is 40.9 Å². The van der Waals surface area contributed by atoms with Crippen LogP contribution in [0.15, 0.2) is 24.4 Å². The first kappa shape index (κ1) is 20.9. The van der Waals surface area contributed by atoms with E-state index in [4.69, 9.17) is 5.11 Å². The molecule has 2 heterocycles. The summed E-state index contributed by atoms with van der Waals surface area (Å²) >= 11 is 3.02. The Morgan fingerprint density at radius 2 is 2.04 bits per heavy atom. The zero-order valence-corrected chi connectivity index (χ0v) is 16.8. The summed E-state index contributed by atoms with van der Waals surface area (Å²) in [5.41, 5.74) is 0.419. The Kier molecular flexibility index (Phi) is 6.86. The third-order valence-corrected chi connectivity index (χ3v) is 6.27. The Bertz CT molecular complexity index is 729. The van der Waals surface area contributed by atoms with Gasteiger partial charge in [0.25, 0.3) is 5.91 Å². The van der Waals surface area contributed by atoms with Crippen LogP contribution < -0.4 is 0 Å². The molecule has 1 fully saturated rings. The lowest BCUT2D eigenvalue weighted by Gasteiger charge is -2.31. The topological polar surface area (TPSA) is 76.4 Å². The van der Waals surface area contributed by atoms with Gasteiger partial charge in [0.1, 0.15) is 6.29 Å². The van der Waals surface area contributed by atoms with Crippen molar-refractivity contribution >= 4 is 46.5 Å². The fraction of sp³-hybridized carbons (Fsp3) is 0.526. The van der Waals surface area contributed by atoms with E-state index < -0.39 is 16.2 Å². The van der Waals surface area contributed by atoms with Crippen LogP contribution >= 0.6 is 28.3 Å². The maximum Gasteiger partial charge on any atom is 0.337 e. The highest BCUT2D eigenvalue weighted by Gasteiger charge is 2.45. The van der Waals surface area contributed by atoms with Gasteiger partial charge in [-0.3, -0.25) is 9.36 Å². The lowest BCUT2D eigenvalue weighted by Crippen LogP contribution is -2.32. The van der Waals surface area contributed by atoms with E-state index in [0.29, 0.717) is 12.0 Å². The number of rotatable bonds is 2. The minimum Gasteiger partial charge on any atom is -0.478 e. The highest BCUT2D eigenvalue weighted by molar-refractivity contribution is 9.10. The predicted octanol–water partition coefficient (Wildman–Crippen LogP) is 4.28. The van der Waals surface area contributed by atoms with E-state index in [9.17, 15) is 14.4 Å². The van der Waals surface area contributed by atoms with Crippen molar-refractivity contribution in [2.24, 2.45) is 11.8 Å². The summed E-state index contributed by atoms with van der Waals surface area (Å²) in [6, 6.07) is 1.35. The predicted molar refractivity (Wildman–Crippen MR) is 105 cm³/mol. The molecule has 5 nitrogen and oxygen atoms in total. The average molecular weight is 445 g/mol. The molecule has 0 spiro atoms. The molecule has 4 rings (SSSR count).